The average molecular weight is 159 g/mol. The molecule has 0 atom stereocenters. The molecule has 68 valence electrons. The molecule has 11 heavy (non-hydrogen) atoms. The minimum Gasteiger partial charge on any atom is -0.374 e. The Morgan fingerprint density at radius 2 is 1.73 bits per heavy atom. The fraction of sp³-hybridized carbons (Fsp3) is 1.00. The van der Waals surface area contributed by atoms with Gasteiger partial charge in [0.15, 0.2) is 0 Å². The summed E-state index contributed by atoms with van der Waals surface area (Å²) in [7, 11) is 1.97. The van der Waals surface area contributed by atoms with Crippen molar-refractivity contribution >= 4 is 0 Å². The van der Waals surface area contributed by atoms with Crippen molar-refractivity contribution in [1.82, 2.24) is 5.32 Å². The molecule has 0 saturated heterocycles. The second-order valence-corrected chi connectivity index (χ2v) is 2.85. The molecule has 2 heteroatoms. The topological polar surface area (TPSA) is 21.3 Å². The van der Waals surface area contributed by atoms with E-state index >= 15 is 0 Å². The molecule has 0 aromatic heterocycles. The summed E-state index contributed by atoms with van der Waals surface area (Å²) in [5, 5.41) is 3.17. The Labute approximate surface area is 70.3 Å². The van der Waals surface area contributed by atoms with Crippen LogP contribution in [0, 0.1) is 0 Å². The Morgan fingerprint density at radius 3 is 2.00 bits per heavy atom. The third-order valence-corrected chi connectivity index (χ3v) is 2.24. The highest BCUT2D eigenvalue weighted by molar-refractivity contribution is 4.79. The van der Waals surface area contributed by atoms with Crippen molar-refractivity contribution in [2.24, 2.45) is 0 Å². The van der Waals surface area contributed by atoms with Gasteiger partial charge in [-0.25, -0.2) is 0 Å². The quantitative estimate of drug-likeness (QED) is 0.638. The molecule has 0 saturated carbocycles. The van der Waals surface area contributed by atoms with Gasteiger partial charge in [-0.1, -0.05) is 13.8 Å². The molecule has 0 aliphatic rings. The summed E-state index contributed by atoms with van der Waals surface area (Å²) < 4.78 is 5.71. The lowest BCUT2D eigenvalue weighted by Crippen LogP contribution is -2.41. The van der Waals surface area contributed by atoms with E-state index in [1.54, 1.807) is 0 Å². The van der Waals surface area contributed by atoms with Crippen molar-refractivity contribution in [2.45, 2.75) is 39.2 Å². The zero-order valence-corrected chi connectivity index (χ0v) is 8.24. The van der Waals surface area contributed by atoms with E-state index in [9.17, 15) is 0 Å². The van der Waals surface area contributed by atoms with Crippen LogP contribution in [0.3, 0.4) is 0 Å². The van der Waals surface area contributed by atoms with Crippen molar-refractivity contribution in [3.05, 3.63) is 0 Å². The smallest absolute Gasteiger partial charge is 0.0800 e. The molecule has 0 aliphatic carbocycles. The highest BCUT2D eigenvalue weighted by Crippen LogP contribution is 2.18. The Hall–Kier alpha value is -0.0800. The SMILES string of the molecule is CCOC(CC)(CC)CNC. The maximum absolute atomic E-state index is 5.71. The standard InChI is InChI=1S/C9H21NO/c1-5-9(6-2,8-10-4)11-7-3/h10H,5-8H2,1-4H3. The Morgan fingerprint density at radius 1 is 1.18 bits per heavy atom. The third-order valence-electron chi connectivity index (χ3n) is 2.24. The Balaban J connectivity index is 3.96. The van der Waals surface area contributed by atoms with Gasteiger partial charge in [0.1, 0.15) is 0 Å². The minimum absolute atomic E-state index is 0.0729. The van der Waals surface area contributed by atoms with Gasteiger partial charge in [-0.2, -0.15) is 0 Å². The second-order valence-electron chi connectivity index (χ2n) is 2.85. The van der Waals surface area contributed by atoms with Gasteiger partial charge in [0.2, 0.25) is 0 Å². The van der Waals surface area contributed by atoms with E-state index in [0.717, 1.165) is 26.0 Å². The van der Waals surface area contributed by atoms with E-state index in [1.807, 2.05) is 7.05 Å². The lowest BCUT2D eigenvalue weighted by molar-refractivity contribution is -0.0424. The summed E-state index contributed by atoms with van der Waals surface area (Å²) >= 11 is 0. The van der Waals surface area contributed by atoms with Crippen LogP contribution in [0.2, 0.25) is 0 Å². The zero-order valence-electron chi connectivity index (χ0n) is 8.24. The molecule has 2 nitrogen and oxygen atoms in total. The van der Waals surface area contributed by atoms with Crippen LogP contribution >= 0.6 is 0 Å². The molecular weight excluding hydrogens is 138 g/mol. The predicted octanol–water partition coefficient (Wildman–Crippen LogP) is 1.80. The molecule has 0 amide bonds. The maximum Gasteiger partial charge on any atom is 0.0800 e. The van der Waals surface area contributed by atoms with Crippen LogP contribution in [-0.2, 0) is 4.74 Å². The Kier molecular flexibility index (Phi) is 5.51. The predicted molar refractivity (Wildman–Crippen MR) is 48.9 cm³/mol. The van der Waals surface area contributed by atoms with Crippen LogP contribution < -0.4 is 5.32 Å². The number of hydrogen-bond donors (Lipinski definition) is 1. The fourth-order valence-corrected chi connectivity index (χ4v) is 1.38. The highest BCUT2D eigenvalue weighted by Gasteiger charge is 2.24. The number of nitrogens with one attached hydrogen (secondary N) is 1. The largest absolute Gasteiger partial charge is 0.374 e. The zero-order chi connectivity index (χ0) is 8.74. The van der Waals surface area contributed by atoms with Crippen molar-refractivity contribution in [3.63, 3.8) is 0 Å². The molecule has 0 spiro atoms. The minimum atomic E-state index is 0.0729. The van der Waals surface area contributed by atoms with Crippen LogP contribution in [0.25, 0.3) is 0 Å². The van der Waals surface area contributed by atoms with Gasteiger partial charge >= 0.3 is 0 Å². The van der Waals surface area contributed by atoms with Gasteiger partial charge in [0, 0.05) is 13.2 Å². The van der Waals surface area contributed by atoms with Crippen LogP contribution in [0.1, 0.15) is 33.6 Å². The summed E-state index contributed by atoms with van der Waals surface area (Å²) in [6.45, 7) is 8.17. The van der Waals surface area contributed by atoms with Crippen LogP contribution in [0.5, 0.6) is 0 Å². The van der Waals surface area contributed by atoms with E-state index in [0.29, 0.717) is 0 Å². The van der Waals surface area contributed by atoms with Gasteiger partial charge in [-0.05, 0) is 26.8 Å². The van der Waals surface area contributed by atoms with Gasteiger partial charge in [-0.3, -0.25) is 0 Å². The first-order valence-electron chi connectivity index (χ1n) is 4.53. The van der Waals surface area contributed by atoms with Crippen LogP contribution in [0.15, 0.2) is 0 Å². The number of likely N-dealkylation sites (N-methyl/N-ethyl adjacent to an activating group) is 1. The Bertz CT molecular complexity index is 81.6. The molecule has 0 unspecified atom stereocenters. The number of ether oxygens (including phenoxy) is 1. The van der Waals surface area contributed by atoms with E-state index < -0.39 is 0 Å². The molecule has 0 heterocycles. The molecule has 0 rings (SSSR count). The lowest BCUT2D eigenvalue weighted by Gasteiger charge is -2.31. The first kappa shape index (κ1) is 10.9. The second kappa shape index (κ2) is 5.56. The van der Waals surface area contributed by atoms with Crippen molar-refractivity contribution in [1.29, 1.82) is 0 Å². The summed E-state index contributed by atoms with van der Waals surface area (Å²) in [6.07, 6.45) is 2.16. The van der Waals surface area contributed by atoms with Crippen LogP contribution in [0.4, 0.5) is 0 Å². The summed E-state index contributed by atoms with van der Waals surface area (Å²) in [4.78, 5) is 0. The molecule has 1 N–H and O–H groups in total. The molecule has 0 radical (unpaired) electrons. The molecule has 0 fully saturated rings. The molecule has 0 aromatic carbocycles. The van der Waals surface area contributed by atoms with Gasteiger partial charge in [-0.15, -0.1) is 0 Å². The molecular formula is C9H21NO. The van der Waals surface area contributed by atoms with Crippen LogP contribution in [-0.4, -0.2) is 25.8 Å². The van der Waals surface area contributed by atoms with Crippen molar-refractivity contribution < 1.29 is 4.74 Å². The maximum atomic E-state index is 5.71. The molecule has 0 aromatic rings. The summed E-state index contributed by atoms with van der Waals surface area (Å²) in [6, 6.07) is 0. The van der Waals surface area contributed by atoms with E-state index in [-0.39, 0.29) is 5.60 Å². The van der Waals surface area contributed by atoms with E-state index in [2.05, 4.69) is 26.1 Å². The first-order chi connectivity index (χ1) is 5.24. The van der Waals surface area contributed by atoms with Gasteiger partial charge in [0.25, 0.3) is 0 Å². The normalized spacial score (nSPS) is 12.0. The van der Waals surface area contributed by atoms with E-state index in [4.69, 9.17) is 4.74 Å². The van der Waals surface area contributed by atoms with E-state index in [1.165, 1.54) is 0 Å². The van der Waals surface area contributed by atoms with Crippen molar-refractivity contribution in [2.75, 3.05) is 20.2 Å². The van der Waals surface area contributed by atoms with Crippen molar-refractivity contribution in [3.8, 4) is 0 Å². The number of rotatable bonds is 6. The summed E-state index contributed by atoms with van der Waals surface area (Å²) in [5.74, 6) is 0. The van der Waals surface area contributed by atoms with Gasteiger partial charge in [0.05, 0.1) is 5.60 Å². The highest BCUT2D eigenvalue weighted by atomic mass is 16.5. The molecule has 0 bridgehead atoms. The monoisotopic (exact) mass is 159 g/mol. The van der Waals surface area contributed by atoms with Gasteiger partial charge < -0.3 is 10.1 Å². The molecule has 0 aliphatic heterocycles. The lowest BCUT2D eigenvalue weighted by atomic mass is 9.97. The average Bonchev–Trinajstić information content (AvgIpc) is 2.04. The summed E-state index contributed by atoms with van der Waals surface area (Å²) in [5.41, 5.74) is 0.0729. The fourth-order valence-electron chi connectivity index (χ4n) is 1.38. The third kappa shape index (κ3) is 3.21. The first-order valence-corrected chi connectivity index (χ1v) is 4.53. The number of hydrogen-bond acceptors (Lipinski definition) is 2.